The lowest BCUT2D eigenvalue weighted by atomic mass is 10.0. The minimum atomic E-state index is -4.61. The number of aliphatic hydroxyl groups is 1. The molecular formula is C67H133N2O6P. The van der Waals surface area contributed by atoms with Crippen LogP contribution in [0.3, 0.4) is 0 Å². The highest BCUT2D eigenvalue weighted by molar-refractivity contribution is 7.45. The van der Waals surface area contributed by atoms with Crippen molar-refractivity contribution < 1.29 is 32.9 Å². The van der Waals surface area contributed by atoms with Gasteiger partial charge in [-0.2, -0.15) is 0 Å². The lowest BCUT2D eigenvalue weighted by Crippen LogP contribution is -2.45. The number of carbonyl (C=O) groups excluding carboxylic acids is 1. The Morgan fingerprint density at radius 1 is 0.447 bits per heavy atom. The Labute approximate surface area is 474 Å². The predicted molar refractivity (Wildman–Crippen MR) is 330 cm³/mol. The van der Waals surface area contributed by atoms with Gasteiger partial charge >= 0.3 is 0 Å². The molecule has 3 unspecified atom stereocenters. The van der Waals surface area contributed by atoms with Crippen molar-refractivity contribution in [1.29, 1.82) is 0 Å². The first-order chi connectivity index (χ1) is 37.0. The van der Waals surface area contributed by atoms with E-state index >= 15 is 0 Å². The van der Waals surface area contributed by atoms with Crippen LogP contribution in [0, 0.1) is 0 Å². The maximum atomic E-state index is 13.0. The molecule has 1 amide bonds. The van der Waals surface area contributed by atoms with Gasteiger partial charge in [-0.05, 0) is 32.1 Å². The summed E-state index contributed by atoms with van der Waals surface area (Å²) in [7, 11) is 1.26. The molecule has 9 heteroatoms. The maximum absolute atomic E-state index is 13.0. The van der Waals surface area contributed by atoms with Crippen LogP contribution in [0.4, 0.5) is 0 Å². The normalized spacial score (nSPS) is 13.8. The molecule has 0 saturated carbocycles. The van der Waals surface area contributed by atoms with E-state index in [1.54, 1.807) is 6.08 Å². The molecule has 0 aliphatic heterocycles. The van der Waals surface area contributed by atoms with Crippen molar-refractivity contribution in [2.24, 2.45) is 0 Å². The molecule has 0 aliphatic rings. The molecular weight excluding hydrogens is 960 g/mol. The fraction of sp³-hybridized carbons (Fsp3) is 0.925. The topological polar surface area (TPSA) is 108 Å². The molecule has 0 aromatic rings. The Bertz CT molecular complexity index is 1290. The molecule has 2 N–H and O–H groups in total. The largest absolute Gasteiger partial charge is 0.756 e. The number of nitrogens with one attached hydrogen (secondary N) is 1. The average molecular weight is 1090 g/mol. The Morgan fingerprint density at radius 3 is 1.07 bits per heavy atom. The van der Waals surface area contributed by atoms with Crippen LogP contribution in [0.25, 0.3) is 0 Å². The lowest BCUT2D eigenvalue weighted by molar-refractivity contribution is -0.870. The Hall–Kier alpha value is -1.02. The van der Waals surface area contributed by atoms with E-state index in [4.69, 9.17) is 9.05 Å². The highest BCUT2D eigenvalue weighted by Crippen LogP contribution is 2.38. The van der Waals surface area contributed by atoms with Gasteiger partial charge in [0.25, 0.3) is 7.82 Å². The zero-order valence-corrected chi connectivity index (χ0v) is 52.6. The molecule has 76 heavy (non-hydrogen) atoms. The summed E-state index contributed by atoms with van der Waals surface area (Å²) >= 11 is 0. The molecule has 3 atom stereocenters. The molecule has 0 fully saturated rings. The number of quaternary nitrogens is 1. The van der Waals surface area contributed by atoms with Gasteiger partial charge in [-0.15, -0.1) is 0 Å². The summed E-state index contributed by atoms with van der Waals surface area (Å²) in [6, 6.07) is -0.901. The fourth-order valence-corrected chi connectivity index (χ4v) is 11.1. The summed E-state index contributed by atoms with van der Waals surface area (Å²) in [6.07, 6.45) is 75.9. The van der Waals surface area contributed by atoms with E-state index in [1.807, 2.05) is 27.2 Å². The van der Waals surface area contributed by atoms with Crippen LogP contribution in [0.5, 0.6) is 0 Å². The van der Waals surface area contributed by atoms with Gasteiger partial charge in [0.05, 0.1) is 39.9 Å². The van der Waals surface area contributed by atoms with E-state index in [0.29, 0.717) is 17.4 Å². The quantitative estimate of drug-likeness (QED) is 0.0272. The van der Waals surface area contributed by atoms with E-state index in [0.717, 1.165) is 38.5 Å². The summed E-state index contributed by atoms with van der Waals surface area (Å²) in [4.78, 5) is 25.6. The van der Waals surface area contributed by atoms with Crippen LogP contribution < -0.4 is 10.2 Å². The zero-order chi connectivity index (χ0) is 55.6. The van der Waals surface area contributed by atoms with Crippen molar-refractivity contribution in [3.05, 3.63) is 24.3 Å². The number of hydrogen-bond acceptors (Lipinski definition) is 6. The van der Waals surface area contributed by atoms with E-state index in [-0.39, 0.29) is 19.1 Å². The first-order valence-electron chi connectivity index (χ1n) is 33.7. The molecule has 0 radical (unpaired) electrons. The summed E-state index contributed by atoms with van der Waals surface area (Å²) < 4.78 is 23.4. The van der Waals surface area contributed by atoms with Gasteiger partial charge in [0.15, 0.2) is 0 Å². The zero-order valence-electron chi connectivity index (χ0n) is 51.7. The second kappa shape index (κ2) is 58.6. The molecule has 8 nitrogen and oxygen atoms in total. The number of aliphatic hydroxyl groups excluding tert-OH is 1. The highest BCUT2D eigenvalue weighted by Gasteiger charge is 2.23. The summed E-state index contributed by atoms with van der Waals surface area (Å²) in [5.41, 5.74) is 0. The number of allylic oxidation sites excluding steroid dienone is 3. The number of amides is 1. The molecule has 0 bridgehead atoms. The Kier molecular flexibility index (Phi) is 57.8. The smallest absolute Gasteiger partial charge is 0.268 e. The Balaban J connectivity index is 4.09. The molecule has 0 saturated heterocycles. The lowest BCUT2D eigenvalue weighted by Gasteiger charge is -2.29. The summed E-state index contributed by atoms with van der Waals surface area (Å²) in [5, 5.41) is 13.9. The van der Waals surface area contributed by atoms with Crippen molar-refractivity contribution in [3.63, 3.8) is 0 Å². The number of carbonyl (C=O) groups is 1. The third-order valence-electron chi connectivity index (χ3n) is 15.7. The molecule has 0 spiro atoms. The van der Waals surface area contributed by atoms with Crippen molar-refractivity contribution in [1.82, 2.24) is 5.32 Å². The molecule has 0 aromatic heterocycles. The van der Waals surface area contributed by atoms with Gasteiger partial charge in [0.2, 0.25) is 5.91 Å². The number of nitrogens with zero attached hydrogens (tertiary/aromatic N) is 1. The van der Waals surface area contributed by atoms with Gasteiger partial charge in [-0.25, -0.2) is 0 Å². The van der Waals surface area contributed by atoms with Gasteiger partial charge in [-0.3, -0.25) is 9.36 Å². The van der Waals surface area contributed by atoms with E-state index in [9.17, 15) is 19.4 Å². The van der Waals surface area contributed by atoms with Gasteiger partial charge in [-0.1, -0.05) is 334 Å². The summed E-state index contributed by atoms with van der Waals surface area (Å²) in [6.45, 7) is 4.69. The third-order valence-corrected chi connectivity index (χ3v) is 16.6. The molecule has 0 aliphatic carbocycles. The number of phosphoric acid groups is 1. The molecule has 452 valence electrons. The van der Waals surface area contributed by atoms with Gasteiger partial charge < -0.3 is 28.8 Å². The third kappa shape index (κ3) is 60.6. The first-order valence-corrected chi connectivity index (χ1v) is 35.2. The monoisotopic (exact) mass is 1090 g/mol. The van der Waals surface area contributed by atoms with Crippen LogP contribution in [-0.4, -0.2) is 68.5 Å². The van der Waals surface area contributed by atoms with Crippen molar-refractivity contribution in [3.8, 4) is 0 Å². The fourth-order valence-electron chi connectivity index (χ4n) is 10.4. The minimum Gasteiger partial charge on any atom is -0.756 e. The Morgan fingerprint density at radius 2 is 0.737 bits per heavy atom. The number of hydrogen-bond donors (Lipinski definition) is 2. The number of phosphoric ester groups is 1. The van der Waals surface area contributed by atoms with Gasteiger partial charge in [0, 0.05) is 6.42 Å². The molecule has 0 heterocycles. The number of rotatable bonds is 63. The van der Waals surface area contributed by atoms with Crippen molar-refractivity contribution in [2.45, 2.75) is 360 Å². The summed E-state index contributed by atoms with van der Waals surface area (Å²) in [5.74, 6) is -0.199. The van der Waals surface area contributed by atoms with Crippen LogP contribution in [0.15, 0.2) is 24.3 Å². The number of unbranched alkanes of at least 4 members (excludes halogenated alkanes) is 48. The van der Waals surface area contributed by atoms with Crippen LogP contribution in [0.1, 0.15) is 348 Å². The van der Waals surface area contributed by atoms with Crippen LogP contribution in [-0.2, 0) is 18.4 Å². The second-order valence-corrected chi connectivity index (χ2v) is 25.9. The molecule has 0 rings (SSSR count). The second-order valence-electron chi connectivity index (χ2n) is 24.5. The SMILES string of the molecule is CCCCCCCCCCCCCCCCCCCCCCCCCCC/C=C/CC/C=C/C(O)C(COP(=O)([O-])OCC[N+](C)(C)C)NC(=O)CCCCCCCCCCCCCCCCCCCCCCCCC. The van der Waals surface area contributed by atoms with Crippen LogP contribution in [0.2, 0.25) is 0 Å². The van der Waals surface area contributed by atoms with Crippen molar-refractivity contribution in [2.75, 3.05) is 40.9 Å². The highest BCUT2D eigenvalue weighted by atomic mass is 31.2. The van der Waals surface area contributed by atoms with Crippen molar-refractivity contribution >= 4 is 13.7 Å². The maximum Gasteiger partial charge on any atom is 0.268 e. The number of likely N-dealkylation sites (N-methyl/N-ethyl adjacent to an activating group) is 1. The standard InChI is InChI=1S/C67H133N2O6P/c1-6-8-10-12-14-16-18-20-22-24-26-28-30-31-32-33-34-35-36-37-39-40-42-44-46-48-50-52-54-56-58-60-66(70)65(64-75-76(72,73)74-63-62-69(3,4)5)68-67(71)61-59-57-55-53-51-49-47-45-43-41-38-29-27-25-23-21-19-17-15-13-11-9-7-2/h50,52,58,60,65-66,70H,6-49,51,53-57,59,61-64H2,1-5H3,(H-,68,71,72,73)/b52-50+,60-58+. The van der Waals surface area contributed by atoms with E-state index in [1.165, 1.54) is 289 Å². The predicted octanol–water partition coefficient (Wildman–Crippen LogP) is 20.5. The average Bonchev–Trinajstić information content (AvgIpc) is 3.38. The molecule has 0 aromatic carbocycles. The minimum absolute atomic E-state index is 0.00347. The van der Waals surface area contributed by atoms with Gasteiger partial charge in [0.1, 0.15) is 13.2 Å². The first kappa shape index (κ1) is 75.0. The van der Waals surface area contributed by atoms with E-state index < -0.39 is 20.0 Å². The van der Waals surface area contributed by atoms with E-state index in [2.05, 4.69) is 31.3 Å². The van der Waals surface area contributed by atoms with Crippen LogP contribution >= 0.6 is 7.82 Å².